The van der Waals surface area contributed by atoms with Crippen molar-refractivity contribution in [2.24, 2.45) is 0 Å². The van der Waals surface area contributed by atoms with Crippen LogP contribution in [0.25, 0.3) is 10.9 Å². The Labute approximate surface area is 151 Å². The number of nitrogens with one attached hydrogen (secondary N) is 2. The molecule has 0 fully saturated rings. The number of benzene rings is 2. The maximum atomic E-state index is 12.5. The average Bonchev–Trinajstić information content (AvgIpc) is 2.61. The van der Waals surface area contributed by atoms with Crippen LogP contribution >= 0.6 is 12.2 Å². The molecule has 0 spiro atoms. The summed E-state index contributed by atoms with van der Waals surface area (Å²) in [6, 6.07) is 15.0. The highest BCUT2D eigenvalue weighted by molar-refractivity contribution is 7.80. The van der Waals surface area contributed by atoms with Crippen molar-refractivity contribution in [2.45, 2.75) is 6.92 Å². The molecule has 126 valence electrons. The predicted octanol–water partition coefficient (Wildman–Crippen LogP) is 3.68. The highest BCUT2D eigenvalue weighted by atomic mass is 32.1. The topological polar surface area (TPSA) is 63.2 Å². The Morgan fingerprint density at radius 1 is 1.12 bits per heavy atom. The van der Waals surface area contributed by atoms with Gasteiger partial charge in [-0.1, -0.05) is 30.3 Å². The number of rotatable bonds is 3. The summed E-state index contributed by atoms with van der Waals surface area (Å²) in [7, 11) is 1.54. The first kappa shape index (κ1) is 16.9. The zero-order chi connectivity index (χ0) is 17.8. The monoisotopic (exact) mass is 351 g/mol. The number of carbonyl (C=O) groups is 1. The van der Waals surface area contributed by atoms with Gasteiger partial charge in [0.2, 0.25) is 0 Å². The van der Waals surface area contributed by atoms with Gasteiger partial charge in [0.1, 0.15) is 5.75 Å². The number of methoxy groups -OCH3 is 1. The van der Waals surface area contributed by atoms with Crippen LogP contribution in [-0.2, 0) is 0 Å². The maximum absolute atomic E-state index is 12.5. The number of fused-ring (bicyclic) bond motifs is 1. The SMILES string of the molecule is COc1c(C)cccc1C(=O)NC(=S)Nc1cccc2cccnc12. The first-order valence-corrected chi connectivity index (χ1v) is 8.10. The van der Waals surface area contributed by atoms with Crippen molar-refractivity contribution < 1.29 is 9.53 Å². The summed E-state index contributed by atoms with van der Waals surface area (Å²) in [6.07, 6.45) is 1.72. The highest BCUT2D eigenvalue weighted by Gasteiger charge is 2.15. The molecule has 0 radical (unpaired) electrons. The van der Waals surface area contributed by atoms with E-state index in [0.717, 1.165) is 22.2 Å². The van der Waals surface area contributed by atoms with Crippen molar-refractivity contribution in [3.05, 3.63) is 65.9 Å². The van der Waals surface area contributed by atoms with Crippen molar-refractivity contribution in [3.63, 3.8) is 0 Å². The van der Waals surface area contributed by atoms with Gasteiger partial charge in [-0.05, 0) is 42.9 Å². The molecule has 2 aromatic carbocycles. The van der Waals surface area contributed by atoms with E-state index in [1.165, 1.54) is 7.11 Å². The van der Waals surface area contributed by atoms with Crippen molar-refractivity contribution >= 4 is 39.8 Å². The van der Waals surface area contributed by atoms with E-state index in [4.69, 9.17) is 17.0 Å². The molecule has 1 amide bonds. The number of hydrogen-bond donors (Lipinski definition) is 2. The van der Waals surface area contributed by atoms with Gasteiger partial charge in [-0.15, -0.1) is 0 Å². The second-order valence-corrected chi connectivity index (χ2v) is 5.85. The Hall–Kier alpha value is -2.99. The zero-order valence-corrected chi connectivity index (χ0v) is 14.7. The summed E-state index contributed by atoms with van der Waals surface area (Å²) < 4.78 is 5.32. The summed E-state index contributed by atoms with van der Waals surface area (Å²) in [4.78, 5) is 16.9. The standard InChI is InChI=1S/C19H17N3O2S/c1-12-6-3-9-14(17(12)24-2)18(23)22-19(25)21-15-10-4-7-13-8-5-11-20-16(13)15/h3-11H,1-2H3,(H2,21,22,23,25). The van der Waals surface area contributed by atoms with E-state index in [2.05, 4.69) is 15.6 Å². The third-order valence-corrected chi connectivity index (χ3v) is 3.97. The van der Waals surface area contributed by atoms with Gasteiger partial charge in [-0.3, -0.25) is 15.1 Å². The quantitative estimate of drug-likeness (QED) is 0.705. The van der Waals surface area contributed by atoms with Crippen molar-refractivity contribution in [1.82, 2.24) is 10.3 Å². The second kappa shape index (κ2) is 7.27. The van der Waals surface area contributed by atoms with Crippen LogP contribution in [0.1, 0.15) is 15.9 Å². The van der Waals surface area contributed by atoms with Gasteiger partial charge in [0.15, 0.2) is 5.11 Å². The number of aryl methyl sites for hydroxylation is 1. The van der Waals surface area contributed by atoms with E-state index in [1.807, 2.05) is 43.3 Å². The Balaban J connectivity index is 1.79. The van der Waals surface area contributed by atoms with Gasteiger partial charge in [0, 0.05) is 11.6 Å². The molecule has 5 nitrogen and oxygen atoms in total. The fourth-order valence-electron chi connectivity index (χ4n) is 2.63. The Kier molecular flexibility index (Phi) is 4.90. The van der Waals surface area contributed by atoms with Gasteiger partial charge >= 0.3 is 0 Å². The smallest absolute Gasteiger partial charge is 0.261 e. The van der Waals surface area contributed by atoms with E-state index in [0.29, 0.717) is 11.3 Å². The fraction of sp³-hybridized carbons (Fsp3) is 0.105. The molecule has 0 unspecified atom stereocenters. The lowest BCUT2D eigenvalue weighted by molar-refractivity contribution is 0.0974. The minimum atomic E-state index is -0.328. The first-order valence-electron chi connectivity index (χ1n) is 7.70. The second-order valence-electron chi connectivity index (χ2n) is 5.44. The molecule has 3 aromatic rings. The molecular formula is C19H17N3O2S. The molecule has 0 aliphatic carbocycles. The van der Waals surface area contributed by atoms with E-state index in [1.54, 1.807) is 18.3 Å². The van der Waals surface area contributed by atoms with Crippen molar-refractivity contribution in [3.8, 4) is 5.75 Å². The van der Waals surface area contributed by atoms with Gasteiger partial charge in [0.25, 0.3) is 5.91 Å². The van der Waals surface area contributed by atoms with Gasteiger partial charge in [-0.25, -0.2) is 0 Å². The van der Waals surface area contributed by atoms with Crippen LogP contribution in [0.15, 0.2) is 54.7 Å². The van der Waals surface area contributed by atoms with Crippen LogP contribution < -0.4 is 15.4 Å². The number of nitrogens with zero attached hydrogens (tertiary/aromatic N) is 1. The van der Waals surface area contributed by atoms with Gasteiger partial charge < -0.3 is 10.1 Å². The third-order valence-electron chi connectivity index (χ3n) is 3.77. The zero-order valence-electron chi connectivity index (χ0n) is 13.9. The minimum Gasteiger partial charge on any atom is -0.496 e. The van der Waals surface area contributed by atoms with Crippen LogP contribution in [0.2, 0.25) is 0 Å². The summed E-state index contributed by atoms with van der Waals surface area (Å²) in [6.45, 7) is 1.88. The highest BCUT2D eigenvalue weighted by Crippen LogP contribution is 2.23. The molecule has 0 aliphatic rings. The number of para-hydroxylation sites is 2. The Morgan fingerprint density at radius 2 is 1.88 bits per heavy atom. The van der Waals surface area contributed by atoms with Crippen molar-refractivity contribution in [1.29, 1.82) is 0 Å². The fourth-order valence-corrected chi connectivity index (χ4v) is 2.83. The van der Waals surface area contributed by atoms with Crippen LogP contribution in [0.5, 0.6) is 5.75 Å². The molecule has 0 saturated heterocycles. The predicted molar refractivity (Wildman–Crippen MR) is 103 cm³/mol. The van der Waals surface area contributed by atoms with Crippen molar-refractivity contribution in [2.75, 3.05) is 12.4 Å². The number of anilines is 1. The summed E-state index contributed by atoms with van der Waals surface area (Å²) in [5.41, 5.74) is 2.84. The van der Waals surface area contributed by atoms with E-state index >= 15 is 0 Å². The van der Waals surface area contributed by atoms with E-state index in [-0.39, 0.29) is 11.0 Å². The molecule has 1 aromatic heterocycles. The first-order chi connectivity index (χ1) is 12.1. The molecular weight excluding hydrogens is 334 g/mol. The van der Waals surface area contributed by atoms with Crippen LogP contribution in [0.3, 0.4) is 0 Å². The number of hydrogen-bond acceptors (Lipinski definition) is 4. The number of ether oxygens (including phenoxy) is 1. The molecule has 25 heavy (non-hydrogen) atoms. The lowest BCUT2D eigenvalue weighted by atomic mass is 10.1. The van der Waals surface area contributed by atoms with Crippen LogP contribution in [0, 0.1) is 6.92 Å². The number of pyridine rings is 1. The Morgan fingerprint density at radius 3 is 2.68 bits per heavy atom. The molecule has 6 heteroatoms. The molecule has 0 atom stereocenters. The minimum absolute atomic E-state index is 0.201. The Bertz CT molecular complexity index is 951. The van der Waals surface area contributed by atoms with Crippen LogP contribution in [0.4, 0.5) is 5.69 Å². The van der Waals surface area contributed by atoms with Crippen LogP contribution in [-0.4, -0.2) is 23.1 Å². The molecule has 0 saturated carbocycles. The van der Waals surface area contributed by atoms with Gasteiger partial charge in [0.05, 0.1) is 23.9 Å². The number of amides is 1. The maximum Gasteiger partial charge on any atom is 0.261 e. The summed E-state index contributed by atoms with van der Waals surface area (Å²) >= 11 is 5.28. The lowest BCUT2D eigenvalue weighted by Crippen LogP contribution is -2.34. The number of aromatic nitrogens is 1. The molecule has 3 rings (SSSR count). The number of thiocarbonyl (C=S) groups is 1. The van der Waals surface area contributed by atoms with Gasteiger partial charge in [-0.2, -0.15) is 0 Å². The lowest BCUT2D eigenvalue weighted by Gasteiger charge is -2.13. The largest absolute Gasteiger partial charge is 0.496 e. The average molecular weight is 351 g/mol. The summed E-state index contributed by atoms with van der Waals surface area (Å²) in [5, 5.41) is 6.91. The molecule has 1 heterocycles. The normalized spacial score (nSPS) is 10.3. The van der Waals surface area contributed by atoms with E-state index in [9.17, 15) is 4.79 Å². The third kappa shape index (κ3) is 3.59. The summed E-state index contributed by atoms with van der Waals surface area (Å²) in [5.74, 6) is 0.209. The molecule has 0 aliphatic heterocycles. The molecule has 2 N–H and O–H groups in total. The van der Waals surface area contributed by atoms with E-state index < -0.39 is 0 Å². The number of carbonyl (C=O) groups excluding carboxylic acids is 1. The molecule has 0 bridgehead atoms.